The first kappa shape index (κ1) is 15.6. The summed E-state index contributed by atoms with van der Waals surface area (Å²) in [6.07, 6.45) is -1.85. The minimum atomic E-state index is -1.29. The number of nitrogens with zero attached hydrogens (tertiary/aromatic N) is 3. The molecule has 0 bridgehead atoms. The van der Waals surface area contributed by atoms with Gasteiger partial charge in [0.05, 0.1) is 17.6 Å². The molecule has 3 rings (SSSR count). The van der Waals surface area contributed by atoms with Crippen LogP contribution in [0.25, 0.3) is 11.0 Å². The predicted octanol–water partition coefficient (Wildman–Crippen LogP) is -2.02. The van der Waals surface area contributed by atoms with Crippen LogP contribution in [0.3, 0.4) is 0 Å². The molecule has 10 heteroatoms. The molecule has 1 saturated heterocycles. The molecule has 1 aliphatic heterocycles. The van der Waals surface area contributed by atoms with Crippen molar-refractivity contribution in [2.45, 2.75) is 24.5 Å². The quantitative estimate of drug-likeness (QED) is 0.433. The van der Waals surface area contributed by atoms with Crippen LogP contribution >= 0.6 is 0 Å². The molecule has 0 spiro atoms. The number of amides is 1. The molecule has 0 radical (unpaired) electrons. The number of carbonyl (C=O) groups is 1. The van der Waals surface area contributed by atoms with E-state index in [0.29, 0.717) is 5.39 Å². The summed E-state index contributed by atoms with van der Waals surface area (Å²) >= 11 is 0. The van der Waals surface area contributed by atoms with Crippen LogP contribution in [-0.4, -0.2) is 67.7 Å². The van der Waals surface area contributed by atoms with E-state index in [-0.39, 0.29) is 17.0 Å². The number of ether oxygens (including phenoxy) is 1. The summed E-state index contributed by atoms with van der Waals surface area (Å²) in [4.78, 5) is 20.0. The van der Waals surface area contributed by atoms with Crippen LogP contribution in [-0.2, 0) is 4.74 Å². The van der Waals surface area contributed by atoms with Gasteiger partial charge in [-0.05, 0) is 0 Å². The van der Waals surface area contributed by atoms with Crippen LogP contribution in [0.1, 0.15) is 16.6 Å². The Hall–Kier alpha value is -2.27. The lowest BCUT2D eigenvalue weighted by molar-refractivity contribution is -0.0508. The third kappa shape index (κ3) is 2.32. The number of hydrogen-bond donors (Lipinski definition) is 5. The highest BCUT2D eigenvalue weighted by Gasteiger charge is 2.44. The van der Waals surface area contributed by atoms with Gasteiger partial charge in [0.2, 0.25) is 0 Å². The van der Waals surface area contributed by atoms with Crippen molar-refractivity contribution in [3.63, 3.8) is 0 Å². The molecule has 6 N–H and O–H groups in total. The number of hydrogen-bond acceptors (Lipinski definition) is 8. The number of aromatic nitrogens is 3. The fourth-order valence-corrected chi connectivity index (χ4v) is 2.72. The molecular weight excluding hydrogens is 306 g/mol. The zero-order chi connectivity index (χ0) is 16.7. The van der Waals surface area contributed by atoms with Crippen LogP contribution in [0.5, 0.6) is 0 Å². The van der Waals surface area contributed by atoms with E-state index in [0.717, 1.165) is 0 Å². The second-order valence-corrected chi connectivity index (χ2v) is 5.22. The van der Waals surface area contributed by atoms with Gasteiger partial charge in [0.1, 0.15) is 36.1 Å². The number of nitrogens with one attached hydrogen (secondary N) is 1. The molecule has 3 heterocycles. The molecule has 124 valence electrons. The molecule has 2 aromatic rings. The average Bonchev–Trinajstić information content (AvgIpc) is 3.07. The summed E-state index contributed by atoms with van der Waals surface area (Å²) in [5.41, 5.74) is 6.34. The van der Waals surface area contributed by atoms with Crippen LogP contribution in [0.2, 0.25) is 0 Å². The molecule has 0 aliphatic carbocycles. The van der Waals surface area contributed by atoms with Gasteiger partial charge in [-0.1, -0.05) is 0 Å². The largest absolute Gasteiger partial charge is 0.394 e. The third-order valence-electron chi connectivity index (χ3n) is 3.90. The highest BCUT2D eigenvalue weighted by atomic mass is 16.6. The minimum Gasteiger partial charge on any atom is -0.394 e. The van der Waals surface area contributed by atoms with Gasteiger partial charge >= 0.3 is 0 Å². The number of aliphatic hydroxyl groups is 3. The molecule has 10 nitrogen and oxygen atoms in total. The predicted molar refractivity (Wildman–Crippen MR) is 78.3 cm³/mol. The van der Waals surface area contributed by atoms with Crippen LogP contribution in [0.15, 0.2) is 12.5 Å². The van der Waals surface area contributed by atoms with Gasteiger partial charge in [0.25, 0.3) is 5.91 Å². The second kappa shape index (κ2) is 5.74. The van der Waals surface area contributed by atoms with Gasteiger partial charge in [-0.2, -0.15) is 0 Å². The Balaban J connectivity index is 2.16. The molecule has 1 aliphatic rings. The third-order valence-corrected chi connectivity index (χ3v) is 3.90. The maximum Gasteiger partial charge on any atom is 0.253 e. The molecule has 1 amide bonds. The number of fused-ring (bicyclic) bond motifs is 1. The Morgan fingerprint density at radius 2 is 2.17 bits per heavy atom. The van der Waals surface area contributed by atoms with E-state index in [2.05, 4.69) is 15.3 Å². The maximum absolute atomic E-state index is 12.0. The van der Waals surface area contributed by atoms with E-state index >= 15 is 0 Å². The molecule has 1 fully saturated rings. The first-order valence-electron chi connectivity index (χ1n) is 6.95. The van der Waals surface area contributed by atoms with Crippen LogP contribution < -0.4 is 11.1 Å². The zero-order valence-corrected chi connectivity index (χ0v) is 12.2. The number of rotatable bonds is 3. The number of carbonyl (C=O) groups excluding carboxylic acids is 1. The van der Waals surface area contributed by atoms with Crippen molar-refractivity contribution in [3.8, 4) is 0 Å². The molecule has 23 heavy (non-hydrogen) atoms. The topological polar surface area (TPSA) is 156 Å². The Bertz CT molecular complexity index is 748. The Morgan fingerprint density at radius 1 is 1.43 bits per heavy atom. The van der Waals surface area contributed by atoms with Gasteiger partial charge in [0, 0.05) is 13.2 Å². The summed E-state index contributed by atoms with van der Waals surface area (Å²) < 4.78 is 6.88. The Labute approximate surface area is 130 Å². The van der Waals surface area contributed by atoms with Crippen LogP contribution in [0.4, 0.5) is 5.82 Å². The molecule has 0 unspecified atom stereocenters. The fourth-order valence-electron chi connectivity index (χ4n) is 2.72. The average molecular weight is 323 g/mol. The lowest BCUT2D eigenvalue weighted by atomic mass is 10.1. The Kier molecular flexibility index (Phi) is 3.90. The van der Waals surface area contributed by atoms with Gasteiger partial charge in [0.15, 0.2) is 6.23 Å². The highest BCUT2D eigenvalue weighted by Crippen LogP contribution is 2.34. The molecular formula is C13H17N5O5. The Morgan fingerprint density at radius 3 is 2.78 bits per heavy atom. The van der Waals surface area contributed by atoms with Crippen molar-refractivity contribution < 1.29 is 24.9 Å². The standard InChI is InChI=1S/C13H17N5O5/c1-15-12(22)5-2-18(11-7(5)10(14)16-4-17-11)13-9(21)8(20)6(3-19)23-13/h2,4,6,8-9,13,19-21H,3H2,1H3,(H,15,22)(H2,14,16,17)/t6-,8+,9-,13-/m0/s1. The van der Waals surface area contributed by atoms with E-state index in [1.807, 2.05) is 0 Å². The van der Waals surface area contributed by atoms with Gasteiger partial charge in [-0.3, -0.25) is 4.79 Å². The van der Waals surface area contributed by atoms with Crippen molar-refractivity contribution in [3.05, 3.63) is 18.1 Å². The van der Waals surface area contributed by atoms with Crippen molar-refractivity contribution in [2.24, 2.45) is 0 Å². The smallest absolute Gasteiger partial charge is 0.253 e. The van der Waals surface area contributed by atoms with Gasteiger partial charge in [-0.25, -0.2) is 9.97 Å². The highest BCUT2D eigenvalue weighted by molar-refractivity contribution is 6.09. The molecule has 0 aromatic carbocycles. The van der Waals surface area contributed by atoms with Crippen LogP contribution in [0, 0.1) is 0 Å². The SMILES string of the molecule is CNC(=O)c1cn([C@H]2O[C@@H](CO)[C@@H](O)[C@@H]2O)c2ncnc(N)c12. The lowest BCUT2D eigenvalue weighted by Gasteiger charge is -2.17. The van der Waals surface area contributed by atoms with Gasteiger partial charge < -0.3 is 35.7 Å². The van der Waals surface area contributed by atoms with Crippen molar-refractivity contribution in [2.75, 3.05) is 19.4 Å². The molecule has 4 atom stereocenters. The first-order chi connectivity index (χ1) is 11.0. The van der Waals surface area contributed by atoms with E-state index < -0.39 is 37.1 Å². The van der Waals surface area contributed by atoms with Crippen molar-refractivity contribution in [1.29, 1.82) is 0 Å². The number of aliphatic hydroxyl groups excluding tert-OH is 3. The van der Waals surface area contributed by atoms with E-state index in [1.54, 1.807) is 0 Å². The number of nitrogen functional groups attached to an aromatic ring is 1. The first-order valence-corrected chi connectivity index (χ1v) is 6.95. The normalized spacial score (nSPS) is 27.5. The summed E-state index contributed by atoms with van der Waals surface area (Å²) in [5, 5.41) is 32.1. The zero-order valence-electron chi connectivity index (χ0n) is 12.2. The van der Waals surface area contributed by atoms with Gasteiger partial charge in [-0.15, -0.1) is 0 Å². The summed E-state index contributed by atoms with van der Waals surface area (Å²) in [6.45, 7) is -0.451. The van der Waals surface area contributed by atoms with Crippen molar-refractivity contribution >= 4 is 22.8 Å². The van der Waals surface area contributed by atoms with E-state index in [4.69, 9.17) is 10.5 Å². The number of nitrogens with two attached hydrogens (primary N) is 1. The monoisotopic (exact) mass is 323 g/mol. The maximum atomic E-state index is 12.0. The number of anilines is 1. The fraction of sp³-hybridized carbons (Fsp3) is 0.462. The van der Waals surface area contributed by atoms with E-state index in [1.165, 1.54) is 24.1 Å². The van der Waals surface area contributed by atoms with E-state index in [9.17, 15) is 20.1 Å². The summed E-state index contributed by atoms with van der Waals surface area (Å²) in [6, 6.07) is 0. The molecule has 2 aromatic heterocycles. The lowest BCUT2D eigenvalue weighted by Crippen LogP contribution is -2.33. The second-order valence-electron chi connectivity index (χ2n) is 5.22. The summed E-state index contributed by atoms with van der Waals surface area (Å²) in [5.74, 6) is -0.291. The minimum absolute atomic E-state index is 0.110. The molecule has 0 saturated carbocycles. The van der Waals surface area contributed by atoms with Crippen molar-refractivity contribution in [1.82, 2.24) is 19.9 Å². The summed E-state index contributed by atoms with van der Waals surface area (Å²) in [7, 11) is 1.47.